The number of rotatable bonds is 7. The van der Waals surface area contributed by atoms with Crippen LogP contribution in [0, 0.1) is 12.8 Å². The summed E-state index contributed by atoms with van der Waals surface area (Å²) in [5.74, 6) is 0.456. The Morgan fingerprint density at radius 2 is 2.00 bits per heavy atom. The molecule has 25 heavy (non-hydrogen) atoms. The largest absolute Gasteiger partial charge is 0.391 e. The number of carbonyl (C=O) groups excluding carboxylic acids is 1. The van der Waals surface area contributed by atoms with E-state index in [9.17, 15) is 9.90 Å². The van der Waals surface area contributed by atoms with E-state index in [0.717, 1.165) is 24.2 Å². The highest BCUT2D eigenvalue weighted by Crippen LogP contribution is 2.41. The number of benzene rings is 1. The first-order valence-electron chi connectivity index (χ1n) is 8.94. The molecule has 0 aliphatic heterocycles. The number of nitrogens with zero attached hydrogens (tertiary/aromatic N) is 3. The van der Waals surface area contributed by atoms with Gasteiger partial charge in [0.25, 0.3) is 5.91 Å². The zero-order valence-corrected chi connectivity index (χ0v) is 15.1. The first kappa shape index (κ1) is 17.6. The number of aliphatic hydroxyl groups is 1. The average Bonchev–Trinajstić information content (AvgIpc) is 3.31. The van der Waals surface area contributed by atoms with Gasteiger partial charge in [0.15, 0.2) is 5.69 Å². The third-order valence-corrected chi connectivity index (χ3v) is 4.40. The summed E-state index contributed by atoms with van der Waals surface area (Å²) in [5.41, 5.74) is 3.34. The zero-order chi connectivity index (χ0) is 18.0. The molecule has 1 aromatic carbocycles. The molecular formula is C19H26N4O2. The predicted molar refractivity (Wildman–Crippen MR) is 95.9 cm³/mol. The van der Waals surface area contributed by atoms with E-state index < -0.39 is 6.10 Å². The van der Waals surface area contributed by atoms with Crippen molar-refractivity contribution in [1.82, 2.24) is 20.3 Å². The van der Waals surface area contributed by atoms with Gasteiger partial charge in [-0.2, -0.15) is 0 Å². The van der Waals surface area contributed by atoms with Crippen molar-refractivity contribution in [2.24, 2.45) is 5.92 Å². The molecule has 1 aliphatic carbocycles. The maximum Gasteiger partial charge on any atom is 0.273 e. The molecule has 1 unspecified atom stereocenters. The Labute approximate surface area is 148 Å². The van der Waals surface area contributed by atoms with E-state index in [4.69, 9.17) is 0 Å². The Bertz CT molecular complexity index is 732. The lowest BCUT2D eigenvalue weighted by atomic mass is 10.1. The third-order valence-electron chi connectivity index (χ3n) is 4.40. The Hall–Kier alpha value is -2.21. The smallest absolute Gasteiger partial charge is 0.273 e. The van der Waals surface area contributed by atoms with E-state index >= 15 is 0 Å². The first-order chi connectivity index (χ1) is 12.0. The number of hydrogen-bond donors (Lipinski definition) is 2. The van der Waals surface area contributed by atoms with Crippen LogP contribution in [-0.4, -0.2) is 38.7 Å². The van der Waals surface area contributed by atoms with E-state index in [1.165, 1.54) is 5.56 Å². The van der Waals surface area contributed by atoms with Crippen LogP contribution in [0.15, 0.2) is 24.3 Å². The number of carbonyl (C=O) groups is 1. The number of amides is 1. The van der Waals surface area contributed by atoms with Crippen LogP contribution in [0.1, 0.15) is 60.8 Å². The summed E-state index contributed by atoms with van der Waals surface area (Å²) in [6.45, 7) is 6.36. The number of aryl methyl sites for hydroxylation is 1. The summed E-state index contributed by atoms with van der Waals surface area (Å²) in [6, 6.07) is 8.03. The molecule has 3 rings (SSSR count). The molecule has 1 aromatic heterocycles. The Morgan fingerprint density at radius 1 is 1.32 bits per heavy atom. The van der Waals surface area contributed by atoms with E-state index in [2.05, 4.69) is 15.6 Å². The van der Waals surface area contributed by atoms with Crippen molar-refractivity contribution in [2.75, 3.05) is 6.54 Å². The molecule has 134 valence electrons. The summed E-state index contributed by atoms with van der Waals surface area (Å²) >= 11 is 0. The summed E-state index contributed by atoms with van der Waals surface area (Å²) in [6.07, 6.45) is 2.22. The quantitative estimate of drug-likeness (QED) is 0.810. The lowest BCUT2D eigenvalue weighted by Crippen LogP contribution is -2.33. The Morgan fingerprint density at radius 3 is 2.60 bits per heavy atom. The fraction of sp³-hybridized carbons (Fsp3) is 0.526. The van der Waals surface area contributed by atoms with Crippen molar-refractivity contribution in [3.8, 4) is 5.69 Å². The van der Waals surface area contributed by atoms with Crippen molar-refractivity contribution in [1.29, 1.82) is 0 Å². The highest BCUT2D eigenvalue weighted by Gasteiger charge is 2.34. The van der Waals surface area contributed by atoms with Crippen molar-refractivity contribution >= 4 is 5.91 Å². The van der Waals surface area contributed by atoms with Gasteiger partial charge in [-0.1, -0.05) is 36.8 Å². The van der Waals surface area contributed by atoms with Gasteiger partial charge in [-0.15, -0.1) is 5.10 Å². The van der Waals surface area contributed by atoms with Crippen LogP contribution in [0.3, 0.4) is 0 Å². The fourth-order valence-electron chi connectivity index (χ4n) is 2.97. The van der Waals surface area contributed by atoms with Crippen molar-refractivity contribution in [2.45, 2.75) is 52.1 Å². The molecule has 2 N–H and O–H groups in total. The number of aromatic nitrogens is 3. The molecule has 0 spiro atoms. The molecule has 6 heteroatoms. The van der Waals surface area contributed by atoms with Gasteiger partial charge >= 0.3 is 0 Å². The minimum absolute atomic E-state index is 0.235. The fourth-order valence-corrected chi connectivity index (χ4v) is 2.97. The molecule has 1 heterocycles. The van der Waals surface area contributed by atoms with Gasteiger partial charge in [-0.3, -0.25) is 4.79 Å². The van der Waals surface area contributed by atoms with Gasteiger partial charge < -0.3 is 10.4 Å². The molecule has 0 radical (unpaired) electrons. The van der Waals surface area contributed by atoms with Crippen molar-refractivity contribution in [3.05, 3.63) is 41.2 Å². The normalized spacial score (nSPS) is 15.4. The van der Waals surface area contributed by atoms with Gasteiger partial charge in [0, 0.05) is 12.5 Å². The zero-order valence-electron chi connectivity index (χ0n) is 15.1. The number of nitrogens with one attached hydrogen (secondary N) is 1. The molecule has 0 bridgehead atoms. The molecule has 0 saturated heterocycles. The van der Waals surface area contributed by atoms with Gasteiger partial charge in [0.1, 0.15) is 0 Å². The van der Waals surface area contributed by atoms with Crippen LogP contribution in [0.2, 0.25) is 0 Å². The molecule has 1 fully saturated rings. The summed E-state index contributed by atoms with van der Waals surface area (Å²) in [4.78, 5) is 12.5. The van der Waals surface area contributed by atoms with Gasteiger partial charge in [0.05, 0.1) is 17.5 Å². The van der Waals surface area contributed by atoms with Gasteiger partial charge in [0.2, 0.25) is 0 Å². The van der Waals surface area contributed by atoms with Crippen LogP contribution >= 0.6 is 0 Å². The second-order valence-corrected chi connectivity index (χ2v) is 7.34. The van der Waals surface area contributed by atoms with Crippen LogP contribution in [0.5, 0.6) is 0 Å². The highest BCUT2D eigenvalue weighted by molar-refractivity contribution is 5.93. The summed E-state index contributed by atoms with van der Waals surface area (Å²) in [7, 11) is 0. The van der Waals surface area contributed by atoms with Gasteiger partial charge in [-0.25, -0.2) is 4.68 Å². The average molecular weight is 342 g/mol. The molecular weight excluding hydrogens is 316 g/mol. The van der Waals surface area contributed by atoms with Crippen LogP contribution in [0.25, 0.3) is 5.69 Å². The monoisotopic (exact) mass is 342 g/mol. The molecule has 2 aromatic rings. The van der Waals surface area contributed by atoms with Crippen LogP contribution in [0.4, 0.5) is 0 Å². The topological polar surface area (TPSA) is 80.0 Å². The third kappa shape index (κ3) is 4.25. The maximum absolute atomic E-state index is 12.5. The van der Waals surface area contributed by atoms with Crippen molar-refractivity contribution < 1.29 is 9.90 Å². The standard InChI is InChI=1S/C19H26N4O2/c1-12(2)10-16(24)11-20-19(25)17-18(14-6-7-14)23(22-21-17)15-8-4-13(3)5-9-15/h4-5,8-9,12,14,16,24H,6-7,10-11H2,1-3H3,(H,20,25). The molecule has 1 saturated carbocycles. The van der Waals surface area contributed by atoms with E-state index in [0.29, 0.717) is 24.0 Å². The maximum atomic E-state index is 12.5. The Balaban J connectivity index is 1.78. The molecule has 6 nitrogen and oxygen atoms in total. The van der Waals surface area contributed by atoms with E-state index in [1.807, 2.05) is 45.0 Å². The minimum atomic E-state index is -0.541. The summed E-state index contributed by atoms with van der Waals surface area (Å²) in [5, 5.41) is 21.1. The Kier molecular flexibility index (Phi) is 5.18. The molecule has 1 aliphatic rings. The minimum Gasteiger partial charge on any atom is -0.391 e. The highest BCUT2D eigenvalue weighted by atomic mass is 16.3. The molecule has 1 atom stereocenters. The number of aliphatic hydroxyl groups excluding tert-OH is 1. The second kappa shape index (κ2) is 7.35. The van der Waals surface area contributed by atoms with E-state index in [1.54, 1.807) is 4.68 Å². The lowest BCUT2D eigenvalue weighted by Gasteiger charge is -2.13. The number of hydrogen-bond acceptors (Lipinski definition) is 4. The molecule has 1 amide bonds. The van der Waals surface area contributed by atoms with Crippen molar-refractivity contribution in [3.63, 3.8) is 0 Å². The first-order valence-corrected chi connectivity index (χ1v) is 8.94. The van der Waals surface area contributed by atoms with Gasteiger partial charge in [-0.05, 0) is 44.2 Å². The SMILES string of the molecule is Cc1ccc(-n2nnc(C(=O)NCC(O)CC(C)C)c2C2CC2)cc1. The van der Waals surface area contributed by atoms with Crippen LogP contribution in [-0.2, 0) is 0 Å². The predicted octanol–water partition coefficient (Wildman–Crippen LogP) is 2.59. The van der Waals surface area contributed by atoms with E-state index in [-0.39, 0.29) is 12.5 Å². The summed E-state index contributed by atoms with van der Waals surface area (Å²) < 4.78 is 1.77. The lowest BCUT2D eigenvalue weighted by molar-refractivity contribution is 0.0894. The second-order valence-electron chi connectivity index (χ2n) is 7.34. The van der Waals surface area contributed by atoms with Crippen LogP contribution < -0.4 is 5.32 Å².